The molecule has 3 N–H and O–H groups in total. The zero-order valence-electron chi connectivity index (χ0n) is 14.0. The lowest BCUT2D eigenvalue weighted by atomic mass is 10.1. The molecule has 8 heteroatoms. The molecule has 27 heavy (non-hydrogen) atoms. The number of anilines is 1. The van der Waals surface area contributed by atoms with E-state index in [1.807, 2.05) is 30.3 Å². The largest absolute Gasteiger partial charge is 0.417 e. The van der Waals surface area contributed by atoms with Crippen LogP contribution in [0.4, 0.5) is 19.0 Å². The van der Waals surface area contributed by atoms with Crippen LogP contribution < -0.4 is 11.1 Å². The van der Waals surface area contributed by atoms with Crippen LogP contribution in [-0.4, -0.2) is 16.5 Å². The third-order valence-corrected chi connectivity index (χ3v) is 4.30. The van der Waals surface area contributed by atoms with Crippen LogP contribution in [0.5, 0.6) is 0 Å². The van der Waals surface area contributed by atoms with Gasteiger partial charge in [-0.05, 0) is 17.7 Å². The second kappa shape index (κ2) is 7.94. The van der Waals surface area contributed by atoms with E-state index in [-0.39, 0.29) is 11.1 Å². The van der Waals surface area contributed by atoms with E-state index in [0.717, 1.165) is 11.6 Å². The SMILES string of the molecule is NC(CNc1cc(-c2ccc(Cl)c(C(F)(F)F)c2)ncn1)c1ccccc1. The standard InChI is InChI=1S/C19H16ClF3N4/c20-15-7-6-13(8-14(15)19(21,22)23)17-9-18(27-11-26-17)25-10-16(24)12-4-2-1-3-5-12/h1-9,11,16H,10,24H2,(H,25,26,27). The first kappa shape index (κ1) is 19.1. The Balaban J connectivity index is 1.78. The van der Waals surface area contributed by atoms with Crippen LogP contribution in [0.2, 0.25) is 5.02 Å². The van der Waals surface area contributed by atoms with Gasteiger partial charge in [-0.15, -0.1) is 0 Å². The average Bonchev–Trinajstić information content (AvgIpc) is 2.66. The van der Waals surface area contributed by atoms with Gasteiger partial charge in [-0.1, -0.05) is 48.0 Å². The fraction of sp³-hybridized carbons (Fsp3) is 0.158. The minimum atomic E-state index is -4.54. The monoisotopic (exact) mass is 392 g/mol. The molecule has 0 aliphatic heterocycles. The van der Waals surface area contributed by atoms with Crippen molar-refractivity contribution in [3.8, 4) is 11.3 Å². The number of nitrogens with zero attached hydrogens (tertiary/aromatic N) is 2. The zero-order valence-corrected chi connectivity index (χ0v) is 14.8. The molecule has 1 unspecified atom stereocenters. The summed E-state index contributed by atoms with van der Waals surface area (Å²) in [7, 11) is 0. The Hall–Kier alpha value is -2.64. The van der Waals surface area contributed by atoms with Gasteiger partial charge in [0.2, 0.25) is 0 Å². The molecular formula is C19H16ClF3N4. The Morgan fingerprint density at radius 3 is 2.48 bits per heavy atom. The van der Waals surface area contributed by atoms with E-state index < -0.39 is 11.7 Å². The number of nitrogens with one attached hydrogen (secondary N) is 1. The quantitative estimate of drug-likeness (QED) is 0.646. The molecule has 4 nitrogen and oxygen atoms in total. The van der Waals surface area contributed by atoms with Crippen molar-refractivity contribution in [1.29, 1.82) is 0 Å². The van der Waals surface area contributed by atoms with Crippen LogP contribution in [-0.2, 0) is 6.18 Å². The number of halogens is 4. The molecule has 0 amide bonds. The van der Waals surface area contributed by atoms with Crippen molar-refractivity contribution < 1.29 is 13.2 Å². The highest BCUT2D eigenvalue weighted by Crippen LogP contribution is 2.37. The summed E-state index contributed by atoms with van der Waals surface area (Å²) in [5.41, 5.74) is 6.84. The van der Waals surface area contributed by atoms with E-state index in [1.165, 1.54) is 18.5 Å². The maximum Gasteiger partial charge on any atom is 0.417 e. The normalized spacial score (nSPS) is 12.6. The predicted octanol–water partition coefficient (Wildman–Crippen LogP) is 4.93. The van der Waals surface area contributed by atoms with Gasteiger partial charge < -0.3 is 11.1 Å². The summed E-state index contributed by atoms with van der Waals surface area (Å²) in [4.78, 5) is 8.15. The molecule has 3 aromatic rings. The number of benzene rings is 2. The Morgan fingerprint density at radius 2 is 1.78 bits per heavy atom. The van der Waals surface area contributed by atoms with Gasteiger partial charge in [0.05, 0.1) is 16.3 Å². The Kier molecular flexibility index (Phi) is 5.62. The minimum absolute atomic E-state index is 0.253. The first-order chi connectivity index (χ1) is 12.8. The van der Waals surface area contributed by atoms with Crippen LogP contribution >= 0.6 is 11.6 Å². The molecule has 1 atom stereocenters. The van der Waals surface area contributed by atoms with Crippen LogP contribution in [0.25, 0.3) is 11.3 Å². The predicted molar refractivity (Wildman–Crippen MR) is 99.3 cm³/mol. The summed E-state index contributed by atoms with van der Waals surface area (Å²) in [6.45, 7) is 0.412. The van der Waals surface area contributed by atoms with E-state index in [0.29, 0.717) is 23.6 Å². The number of rotatable bonds is 5. The molecule has 140 valence electrons. The van der Waals surface area contributed by atoms with Crippen LogP contribution in [0.1, 0.15) is 17.2 Å². The maximum atomic E-state index is 13.1. The molecule has 1 aromatic heterocycles. The van der Waals surface area contributed by atoms with E-state index in [1.54, 1.807) is 6.07 Å². The van der Waals surface area contributed by atoms with Crippen LogP contribution in [0, 0.1) is 0 Å². The van der Waals surface area contributed by atoms with E-state index in [4.69, 9.17) is 17.3 Å². The van der Waals surface area contributed by atoms with Crippen molar-refractivity contribution in [2.45, 2.75) is 12.2 Å². The number of aromatic nitrogens is 2. The molecule has 0 fully saturated rings. The number of hydrogen-bond acceptors (Lipinski definition) is 4. The molecule has 0 saturated carbocycles. The highest BCUT2D eigenvalue weighted by Gasteiger charge is 2.33. The third-order valence-electron chi connectivity index (χ3n) is 3.97. The first-order valence-corrected chi connectivity index (χ1v) is 8.46. The number of nitrogens with two attached hydrogens (primary N) is 1. The van der Waals surface area contributed by atoms with Crippen molar-refractivity contribution in [2.75, 3.05) is 11.9 Å². The Morgan fingerprint density at radius 1 is 1.04 bits per heavy atom. The van der Waals surface area contributed by atoms with Crippen molar-refractivity contribution in [3.63, 3.8) is 0 Å². The van der Waals surface area contributed by atoms with E-state index in [2.05, 4.69) is 15.3 Å². The second-order valence-corrected chi connectivity index (χ2v) is 6.29. The van der Waals surface area contributed by atoms with Gasteiger partial charge in [-0.25, -0.2) is 9.97 Å². The summed E-state index contributed by atoms with van der Waals surface area (Å²) in [6.07, 6.45) is -3.25. The fourth-order valence-electron chi connectivity index (χ4n) is 2.55. The minimum Gasteiger partial charge on any atom is -0.368 e. The highest BCUT2D eigenvalue weighted by atomic mass is 35.5. The van der Waals surface area contributed by atoms with Gasteiger partial charge in [0.1, 0.15) is 12.1 Å². The number of alkyl halides is 3. The van der Waals surface area contributed by atoms with Gasteiger partial charge in [0, 0.05) is 24.2 Å². The van der Waals surface area contributed by atoms with Crippen LogP contribution in [0.15, 0.2) is 60.9 Å². The van der Waals surface area contributed by atoms with Gasteiger partial charge in [0.25, 0.3) is 0 Å². The lowest BCUT2D eigenvalue weighted by Crippen LogP contribution is -2.20. The summed E-state index contributed by atoms with van der Waals surface area (Å²) >= 11 is 5.66. The lowest BCUT2D eigenvalue weighted by molar-refractivity contribution is -0.137. The molecule has 0 aliphatic rings. The zero-order chi connectivity index (χ0) is 19.4. The Labute approximate surface area is 159 Å². The molecule has 2 aromatic carbocycles. The smallest absolute Gasteiger partial charge is 0.368 e. The van der Waals surface area contributed by atoms with E-state index in [9.17, 15) is 13.2 Å². The van der Waals surface area contributed by atoms with Gasteiger partial charge in [-0.2, -0.15) is 13.2 Å². The second-order valence-electron chi connectivity index (χ2n) is 5.88. The highest BCUT2D eigenvalue weighted by molar-refractivity contribution is 6.31. The third kappa shape index (κ3) is 4.75. The van der Waals surface area contributed by atoms with Gasteiger partial charge in [-0.3, -0.25) is 0 Å². The molecule has 0 aliphatic carbocycles. The van der Waals surface area contributed by atoms with Crippen molar-refractivity contribution in [3.05, 3.63) is 77.1 Å². The average molecular weight is 393 g/mol. The molecule has 0 radical (unpaired) electrons. The summed E-state index contributed by atoms with van der Waals surface area (Å²) in [5.74, 6) is 0.467. The van der Waals surface area contributed by atoms with Crippen LogP contribution in [0.3, 0.4) is 0 Å². The first-order valence-electron chi connectivity index (χ1n) is 8.08. The van der Waals surface area contributed by atoms with Crippen molar-refractivity contribution in [1.82, 2.24) is 9.97 Å². The van der Waals surface area contributed by atoms with Gasteiger partial charge in [0.15, 0.2) is 0 Å². The molecule has 0 bridgehead atoms. The molecule has 0 saturated heterocycles. The fourth-order valence-corrected chi connectivity index (χ4v) is 2.77. The maximum absolute atomic E-state index is 13.1. The molecular weight excluding hydrogens is 377 g/mol. The molecule has 1 heterocycles. The summed E-state index contributed by atoms with van der Waals surface area (Å²) in [5, 5.41) is 2.73. The Bertz CT molecular complexity index is 916. The summed E-state index contributed by atoms with van der Waals surface area (Å²) < 4.78 is 39.2. The number of hydrogen-bond donors (Lipinski definition) is 2. The van der Waals surface area contributed by atoms with E-state index >= 15 is 0 Å². The molecule has 0 spiro atoms. The molecule has 3 rings (SSSR count). The van der Waals surface area contributed by atoms with Crippen molar-refractivity contribution >= 4 is 17.4 Å². The lowest BCUT2D eigenvalue weighted by Gasteiger charge is -2.14. The summed E-state index contributed by atoms with van der Waals surface area (Å²) in [6, 6.07) is 14.5. The topological polar surface area (TPSA) is 63.8 Å². The van der Waals surface area contributed by atoms with Crippen molar-refractivity contribution in [2.24, 2.45) is 5.73 Å². The van der Waals surface area contributed by atoms with Gasteiger partial charge >= 0.3 is 6.18 Å².